The molecule has 2 unspecified atom stereocenters. The van der Waals surface area contributed by atoms with Crippen LogP contribution in [-0.2, 0) is 0 Å². The molecule has 0 aromatic carbocycles. The Morgan fingerprint density at radius 3 is 2.65 bits per heavy atom. The number of aliphatic hydroxyl groups is 1. The highest BCUT2D eigenvalue weighted by Crippen LogP contribution is 2.37. The van der Waals surface area contributed by atoms with Crippen LogP contribution in [0.15, 0.2) is 5.51 Å². The van der Waals surface area contributed by atoms with E-state index in [9.17, 15) is 9.90 Å². The van der Waals surface area contributed by atoms with E-state index >= 15 is 0 Å². The second-order valence-corrected chi connectivity index (χ2v) is 5.84. The summed E-state index contributed by atoms with van der Waals surface area (Å²) in [4.78, 5) is 19.4. The smallest absolute Gasteiger partial charge is 0.266 e. The molecule has 3 heterocycles. The van der Waals surface area contributed by atoms with Gasteiger partial charge in [-0.05, 0) is 32.6 Å². The zero-order valence-electron chi connectivity index (χ0n) is 9.80. The third-order valence-electron chi connectivity index (χ3n) is 3.88. The summed E-state index contributed by atoms with van der Waals surface area (Å²) in [5.74, 6) is 0.115. The summed E-state index contributed by atoms with van der Waals surface area (Å²) >= 11 is 1.42. The topological polar surface area (TPSA) is 53.4 Å². The van der Waals surface area contributed by atoms with Crippen molar-refractivity contribution in [3.63, 3.8) is 0 Å². The SMILES string of the molecule is Cc1ncsc1C(=O)N1C2CCC1CC(O)C2. The molecule has 0 radical (unpaired) electrons. The highest BCUT2D eigenvalue weighted by Gasteiger charge is 2.43. The second kappa shape index (κ2) is 4.07. The maximum atomic E-state index is 12.5. The molecular formula is C12H16N2O2S. The van der Waals surface area contributed by atoms with Crippen molar-refractivity contribution in [3.8, 4) is 0 Å². The summed E-state index contributed by atoms with van der Waals surface area (Å²) in [6.45, 7) is 1.88. The predicted octanol–water partition coefficient (Wildman–Crippen LogP) is 1.58. The van der Waals surface area contributed by atoms with E-state index in [0.29, 0.717) is 0 Å². The van der Waals surface area contributed by atoms with Gasteiger partial charge in [0.1, 0.15) is 4.88 Å². The number of fused-ring (bicyclic) bond motifs is 2. The Morgan fingerprint density at radius 2 is 2.12 bits per heavy atom. The van der Waals surface area contributed by atoms with Gasteiger partial charge in [0.05, 0.1) is 17.3 Å². The molecule has 0 saturated carbocycles. The molecule has 1 aromatic heterocycles. The minimum absolute atomic E-state index is 0.115. The molecule has 1 N–H and O–H groups in total. The fourth-order valence-electron chi connectivity index (χ4n) is 3.10. The minimum Gasteiger partial charge on any atom is -0.393 e. The van der Waals surface area contributed by atoms with Gasteiger partial charge in [0, 0.05) is 12.1 Å². The maximum absolute atomic E-state index is 12.5. The maximum Gasteiger partial charge on any atom is 0.266 e. The lowest BCUT2D eigenvalue weighted by Gasteiger charge is -2.37. The van der Waals surface area contributed by atoms with E-state index in [1.807, 2.05) is 11.8 Å². The van der Waals surface area contributed by atoms with Crippen LogP contribution in [0.2, 0.25) is 0 Å². The number of thiazole rings is 1. The molecule has 5 heteroatoms. The van der Waals surface area contributed by atoms with Crippen molar-refractivity contribution in [1.82, 2.24) is 9.88 Å². The zero-order chi connectivity index (χ0) is 12.0. The first-order valence-electron chi connectivity index (χ1n) is 6.07. The summed E-state index contributed by atoms with van der Waals surface area (Å²) in [5, 5.41) is 9.73. The summed E-state index contributed by atoms with van der Waals surface area (Å²) in [7, 11) is 0. The summed E-state index contributed by atoms with van der Waals surface area (Å²) in [6, 6.07) is 0.468. The Bertz CT molecular complexity index is 431. The van der Waals surface area contributed by atoms with Crippen molar-refractivity contribution in [2.45, 2.75) is 50.8 Å². The number of aryl methyl sites for hydroxylation is 1. The van der Waals surface area contributed by atoms with E-state index in [1.165, 1.54) is 11.3 Å². The predicted molar refractivity (Wildman–Crippen MR) is 65.1 cm³/mol. The molecule has 2 bridgehead atoms. The van der Waals surface area contributed by atoms with Crippen LogP contribution in [0.5, 0.6) is 0 Å². The van der Waals surface area contributed by atoms with Gasteiger partial charge in [0.25, 0.3) is 5.91 Å². The van der Waals surface area contributed by atoms with Crippen LogP contribution >= 0.6 is 11.3 Å². The number of hydrogen-bond donors (Lipinski definition) is 1. The van der Waals surface area contributed by atoms with Crippen molar-refractivity contribution in [1.29, 1.82) is 0 Å². The molecule has 17 heavy (non-hydrogen) atoms. The van der Waals surface area contributed by atoms with Crippen molar-refractivity contribution < 1.29 is 9.90 Å². The third-order valence-corrected chi connectivity index (χ3v) is 4.80. The molecule has 0 spiro atoms. The van der Waals surface area contributed by atoms with E-state index in [-0.39, 0.29) is 24.1 Å². The van der Waals surface area contributed by atoms with Gasteiger partial charge in [-0.2, -0.15) is 0 Å². The van der Waals surface area contributed by atoms with Gasteiger partial charge < -0.3 is 10.0 Å². The Hall–Kier alpha value is -0.940. The minimum atomic E-state index is -0.223. The lowest BCUT2D eigenvalue weighted by Crippen LogP contribution is -2.47. The number of rotatable bonds is 1. The van der Waals surface area contributed by atoms with Crippen LogP contribution in [0.1, 0.15) is 41.0 Å². The average Bonchev–Trinajstić information content (AvgIpc) is 2.81. The zero-order valence-corrected chi connectivity index (χ0v) is 10.6. The molecule has 2 aliphatic heterocycles. The van der Waals surface area contributed by atoms with E-state index in [1.54, 1.807) is 5.51 Å². The molecule has 92 valence electrons. The summed E-state index contributed by atoms with van der Waals surface area (Å²) in [6.07, 6.45) is 3.32. The number of piperidine rings is 1. The molecule has 2 aliphatic rings. The largest absolute Gasteiger partial charge is 0.393 e. The highest BCUT2D eigenvalue weighted by molar-refractivity contribution is 7.11. The average molecular weight is 252 g/mol. The van der Waals surface area contributed by atoms with Gasteiger partial charge in [0.2, 0.25) is 0 Å². The van der Waals surface area contributed by atoms with Crippen molar-refractivity contribution >= 4 is 17.2 Å². The Balaban J connectivity index is 1.86. The first kappa shape index (κ1) is 11.2. The monoisotopic (exact) mass is 252 g/mol. The van der Waals surface area contributed by atoms with Crippen LogP contribution in [-0.4, -0.2) is 39.1 Å². The second-order valence-electron chi connectivity index (χ2n) is 4.99. The van der Waals surface area contributed by atoms with Crippen LogP contribution in [0.3, 0.4) is 0 Å². The summed E-state index contributed by atoms with van der Waals surface area (Å²) < 4.78 is 0. The molecule has 2 saturated heterocycles. The fourth-order valence-corrected chi connectivity index (χ4v) is 3.85. The number of carbonyl (C=O) groups excluding carboxylic acids is 1. The number of carbonyl (C=O) groups is 1. The number of aromatic nitrogens is 1. The lowest BCUT2D eigenvalue weighted by atomic mass is 9.99. The van der Waals surface area contributed by atoms with Crippen molar-refractivity contribution in [3.05, 3.63) is 16.1 Å². The van der Waals surface area contributed by atoms with E-state index < -0.39 is 0 Å². The van der Waals surface area contributed by atoms with Crippen LogP contribution in [0.4, 0.5) is 0 Å². The normalized spacial score (nSPS) is 31.9. The molecule has 1 aromatic rings. The highest BCUT2D eigenvalue weighted by atomic mass is 32.1. The van der Waals surface area contributed by atoms with Gasteiger partial charge in [-0.3, -0.25) is 4.79 Å². The Labute approximate surface area is 104 Å². The van der Waals surface area contributed by atoms with Gasteiger partial charge in [-0.1, -0.05) is 0 Å². The Morgan fingerprint density at radius 1 is 1.47 bits per heavy atom. The van der Waals surface area contributed by atoms with Crippen LogP contribution < -0.4 is 0 Å². The van der Waals surface area contributed by atoms with Gasteiger partial charge in [0.15, 0.2) is 0 Å². The fraction of sp³-hybridized carbons (Fsp3) is 0.667. The molecular weight excluding hydrogens is 236 g/mol. The van der Waals surface area contributed by atoms with E-state index in [4.69, 9.17) is 0 Å². The molecule has 1 amide bonds. The van der Waals surface area contributed by atoms with E-state index in [2.05, 4.69) is 4.98 Å². The first-order valence-corrected chi connectivity index (χ1v) is 6.95. The molecule has 2 fully saturated rings. The van der Waals surface area contributed by atoms with Gasteiger partial charge >= 0.3 is 0 Å². The lowest BCUT2D eigenvalue weighted by molar-refractivity contribution is 0.0290. The first-order chi connectivity index (χ1) is 8.16. The number of hydrogen-bond acceptors (Lipinski definition) is 4. The molecule has 4 nitrogen and oxygen atoms in total. The third kappa shape index (κ3) is 1.77. The van der Waals surface area contributed by atoms with Gasteiger partial charge in [-0.25, -0.2) is 4.98 Å². The molecule has 3 rings (SSSR count). The standard InChI is InChI=1S/C12H16N2O2S/c1-7-11(17-6-13-7)12(16)14-8-2-3-9(14)5-10(15)4-8/h6,8-10,15H,2-5H2,1H3. The summed E-state index contributed by atoms with van der Waals surface area (Å²) in [5.41, 5.74) is 2.55. The van der Waals surface area contributed by atoms with Crippen molar-refractivity contribution in [2.24, 2.45) is 0 Å². The van der Waals surface area contributed by atoms with Crippen molar-refractivity contribution in [2.75, 3.05) is 0 Å². The number of amides is 1. The Kier molecular flexibility index (Phi) is 2.67. The molecule has 0 aliphatic carbocycles. The quantitative estimate of drug-likeness (QED) is 0.825. The number of nitrogens with zero attached hydrogens (tertiary/aromatic N) is 2. The molecule has 2 atom stereocenters. The van der Waals surface area contributed by atoms with E-state index in [0.717, 1.165) is 36.3 Å². The van der Waals surface area contributed by atoms with Gasteiger partial charge in [-0.15, -0.1) is 11.3 Å². The van der Waals surface area contributed by atoms with Crippen LogP contribution in [0, 0.1) is 6.92 Å². The number of aliphatic hydroxyl groups excluding tert-OH is 1. The van der Waals surface area contributed by atoms with Crippen LogP contribution in [0.25, 0.3) is 0 Å².